The normalized spacial score (nSPS) is 11.7. The average molecular weight is 488 g/mol. The molecule has 0 aliphatic rings. The molecule has 0 amide bonds. The molecule has 0 bridgehead atoms. The summed E-state index contributed by atoms with van der Waals surface area (Å²) >= 11 is 7.35. The molecule has 9 heteroatoms. The van der Waals surface area contributed by atoms with Gasteiger partial charge in [-0.2, -0.15) is 0 Å². The van der Waals surface area contributed by atoms with Crippen LogP contribution < -0.4 is 10.4 Å². The van der Waals surface area contributed by atoms with E-state index in [0.717, 1.165) is 10.4 Å². The van der Waals surface area contributed by atoms with Gasteiger partial charge in [0.25, 0.3) is 10.0 Å². The molecular formula is C23H22ClN3O3S2. The van der Waals surface area contributed by atoms with E-state index in [4.69, 9.17) is 11.6 Å². The van der Waals surface area contributed by atoms with Crippen molar-refractivity contribution in [3.8, 4) is 0 Å². The second-order valence-corrected chi connectivity index (χ2v) is 10.3. The van der Waals surface area contributed by atoms with Crippen molar-refractivity contribution in [2.45, 2.75) is 41.6 Å². The Morgan fingerprint density at radius 1 is 0.906 bits per heavy atom. The maximum atomic E-state index is 13.1. The number of benzene rings is 3. The number of hydrogen-bond acceptors (Lipinski definition) is 4. The van der Waals surface area contributed by atoms with Crippen LogP contribution in [-0.4, -0.2) is 17.6 Å². The van der Waals surface area contributed by atoms with E-state index >= 15 is 0 Å². The number of fused-ring (bicyclic) bond motifs is 1. The van der Waals surface area contributed by atoms with Crippen molar-refractivity contribution in [2.24, 2.45) is 0 Å². The van der Waals surface area contributed by atoms with Gasteiger partial charge in [0.05, 0.1) is 21.6 Å². The lowest BCUT2D eigenvalue weighted by Gasteiger charge is -2.14. The molecule has 0 saturated carbocycles. The molecule has 32 heavy (non-hydrogen) atoms. The van der Waals surface area contributed by atoms with Gasteiger partial charge in [-0.1, -0.05) is 41.6 Å². The maximum Gasteiger partial charge on any atom is 0.329 e. The van der Waals surface area contributed by atoms with E-state index in [9.17, 15) is 13.2 Å². The Balaban J connectivity index is 1.89. The van der Waals surface area contributed by atoms with E-state index in [-0.39, 0.29) is 10.6 Å². The standard InChI is InChI=1S/C23H22ClN3O3S2/c1-3-26-20-14-19(25-32(29,30)18-12-10-16(24)11-13-18)22(31-17-8-6-5-7-9-17)15-21(20)27(4-2)23(26)28/h5-15,25H,3-4H2,1-2H3. The fourth-order valence-electron chi connectivity index (χ4n) is 3.55. The summed E-state index contributed by atoms with van der Waals surface area (Å²) in [6.45, 7) is 4.82. The summed E-state index contributed by atoms with van der Waals surface area (Å²) < 4.78 is 32.3. The quantitative estimate of drug-likeness (QED) is 0.376. The molecule has 0 atom stereocenters. The highest BCUT2D eigenvalue weighted by atomic mass is 35.5. The Morgan fingerprint density at radius 2 is 1.50 bits per heavy atom. The van der Waals surface area contributed by atoms with Crippen molar-refractivity contribution in [3.05, 3.63) is 82.2 Å². The Bertz CT molecular complexity index is 1430. The van der Waals surface area contributed by atoms with E-state index in [2.05, 4.69) is 4.72 Å². The molecule has 0 fully saturated rings. The van der Waals surface area contributed by atoms with Crippen molar-refractivity contribution in [1.82, 2.24) is 9.13 Å². The number of rotatable bonds is 7. The van der Waals surface area contributed by atoms with Gasteiger partial charge in [0, 0.05) is 27.9 Å². The number of hydrogen-bond donors (Lipinski definition) is 1. The van der Waals surface area contributed by atoms with E-state index in [0.29, 0.717) is 34.2 Å². The van der Waals surface area contributed by atoms with Gasteiger partial charge in [-0.3, -0.25) is 13.9 Å². The summed E-state index contributed by atoms with van der Waals surface area (Å²) in [5.41, 5.74) is 1.76. The van der Waals surface area contributed by atoms with Gasteiger partial charge < -0.3 is 0 Å². The van der Waals surface area contributed by atoms with Crippen molar-refractivity contribution >= 4 is 50.1 Å². The van der Waals surface area contributed by atoms with Crippen LogP contribution in [0.2, 0.25) is 5.02 Å². The monoisotopic (exact) mass is 487 g/mol. The third-order valence-electron chi connectivity index (χ3n) is 5.09. The molecule has 1 N–H and O–H groups in total. The maximum absolute atomic E-state index is 13.1. The van der Waals surface area contributed by atoms with E-state index < -0.39 is 10.0 Å². The summed E-state index contributed by atoms with van der Waals surface area (Å²) in [5, 5.41) is 0.457. The lowest BCUT2D eigenvalue weighted by atomic mass is 10.2. The van der Waals surface area contributed by atoms with Gasteiger partial charge >= 0.3 is 5.69 Å². The average Bonchev–Trinajstić information content (AvgIpc) is 3.04. The first-order valence-electron chi connectivity index (χ1n) is 10.1. The Kier molecular flexibility index (Phi) is 6.37. The molecule has 4 aromatic rings. The SMILES string of the molecule is CCn1c(=O)n(CC)c2cc(Sc3ccccc3)c(NS(=O)(=O)c3ccc(Cl)cc3)cc21. The van der Waals surface area contributed by atoms with Gasteiger partial charge in [-0.05, 0) is 62.4 Å². The smallest absolute Gasteiger partial charge is 0.292 e. The number of aryl methyl sites for hydroxylation is 2. The first-order valence-corrected chi connectivity index (χ1v) is 12.8. The van der Waals surface area contributed by atoms with Crippen LogP contribution in [-0.2, 0) is 23.1 Å². The van der Waals surface area contributed by atoms with Crippen LogP contribution in [0.3, 0.4) is 0 Å². The zero-order valence-corrected chi connectivity index (χ0v) is 20.0. The molecule has 6 nitrogen and oxygen atoms in total. The lowest BCUT2D eigenvalue weighted by Crippen LogP contribution is -2.23. The molecule has 0 saturated heterocycles. The van der Waals surface area contributed by atoms with Crippen LogP contribution in [0.4, 0.5) is 5.69 Å². The zero-order valence-electron chi connectivity index (χ0n) is 17.6. The second kappa shape index (κ2) is 9.05. The van der Waals surface area contributed by atoms with Crippen molar-refractivity contribution < 1.29 is 8.42 Å². The molecule has 4 rings (SSSR count). The third kappa shape index (κ3) is 4.30. The molecule has 1 heterocycles. The van der Waals surface area contributed by atoms with Crippen molar-refractivity contribution in [1.29, 1.82) is 0 Å². The van der Waals surface area contributed by atoms with E-state index in [1.54, 1.807) is 15.2 Å². The predicted octanol–water partition coefficient (Wildman–Crippen LogP) is 5.45. The van der Waals surface area contributed by atoms with Gasteiger partial charge in [-0.15, -0.1) is 0 Å². The minimum Gasteiger partial charge on any atom is -0.292 e. The summed E-state index contributed by atoms with van der Waals surface area (Å²) in [7, 11) is -3.86. The molecule has 0 aliphatic carbocycles. The number of anilines is 1. The topological polar surface area (TPSA) is 73.1 Å². The summed E-state index contributed by atoms with van der Waals surface area (Å²) in [4.78, 5) is 14.6. The molecule has 0 aliphatic heterocycles. The number of sulfonamides is 1. The van der Waals surface area contributed by atoms with Crippen LogP contribution in [0.1, 0.15) is 13.8 Å². The first kappa shape index (κ1) is 22.5. The molecule has 0 radical (unpaired) electrons. The van der Waals surface area contributed by atoms with Crippen molar-refractivity contribution in [2.75, 3.05) is 4.72 Å². The minimum absolute atomic E-state index is 0.108. The highest BCUT2D eigenvalue weighted by Gasteiger charge is 2.20. The highest BCUT2D eigenvalue weighted by Crippen LogP contribution is 2.37. The van der Waals surface area contributed by atoms with Crippen LogP contribution >= 0.6 is 23.4 Å². The number of nitrogens with one attached hydrogen (secondary N) is 1. The number of nitrogens with zero attached hydrogens (tertiary/aromatic N) is 2. The fraction of sp³-hybridized carbons (Fsp3) is 0.174. The number of halogens is 1. The number of imidazole rings is 1. The molecule has 3 aromatic carbocycles. The summed E-state index contributed by atoms with van der Waals surface area (Å²) in [6, 6.07) is 19.3. The van der Waals surface area contributed by atoms with Crippen LogP contribution in [0, 0.1) is 0 Å². The Labute approximate surface area is 195 Å². The van der Waals surface area contributed by atoms with Gasteiger partial charge in [-0.25, -0.2) is 13.2 Å². The second-order valence-electron chi connectivity index (χ2n) is 7.08. The molecule has 1 aromatic heterocycles. The number of aromatic nitrogens is 2. The van der Waals surface area contributed by atoms with E-state index in [1.165, 1.54) is 36.0 Å². The van der Waals surface area contributed by atoms with Crippen LogP contribution in [0.25, 0.3) is 11.0 Å². The minimum atomic E-state index is -3.86. The largest absolute Gasteiger partial charge is 0.329 e. The van der Waals surface area contributed by atoms with Gasteiger partial charge in [0.1, 0.15) is 0 Å². The Morgan fingerprint density at radius 3 is 2.09 bits per heavy atom. The molecule has 0 spiro atoms. The van der Waals surface area contributed by atoms with Gasteiger partial charge in [0.15, 0.2) is 0 Å². The van der Waals surface area contributed by atoms with Crippen molar-refractivity contribution in [3.63, 3.8) is 0 Å². The first-order chi connectivity index (χ1) is 15.3. The molecular weight excluding hydrogens is 466 g/mol. The highest BCUT2D eigenvalue weighted by molar-refractivity contribution is 7.99. The summed E-state index contributed by atoms with van der Waals surface area (Å²) in [5.74, 6) is 0. The Hall–Kier alpha value is -2.68. The van der Waals surface area contributed by atoms with Crippen LogP contribution in [0.15, 0.2) is 86.2 Å². The van der Waals surface area contributed by atoms with Gasteiger partial charge in [0.2, 0.25) is 0 Å². The predicted molar refractivity (Wildman–Crippen MR) is 130 cm³/mol. The fourth-order valence-corrected chi connectivity index (χ4v) is 5.75. The third-order valence-corrected chi connectivity index (χ3v) is 7.79. The lowest BCUT2D eigenvalue weighted by molar-refractivity contribution is 0.601. The molecule has 166 valence electrons. The summed E-state index contributed by atoms with van der Waals surface area (Å²) in [6.07, 6.45) is 0. The van der Waals surface area contributed by atoms with Crippen LogP contribution in [0.5, 0.6) is 0 Å². The zero-order chi connectivity index (χ0) is 22.9. The molecule has 0 unspecified atom stereocenters. The van der Waals surface area contributed by atoms with E-state index in [1.807, 2.05) is 50.2 Å².